The van der Waals surface area contributed by atoms with Crippen LogP contribution in [0.2, 0.25) is 0 Å². The number of hydrogen-bond donors (Lipinski definition) is 0. The molecule has 0 atom stereocenters. The van der Waals surface area contributed by atoms with Crippen LogP contribution in [0.4, 0.5) is 0 Å². The predicted molar refractivity (Wildman–Crippen MR) is 92.4 cm³/mol. The normalized spacial score (nSPS) is 11.3. The second-order valence-corrected chi connectivity index (χ2v) is 6.13. The SMILES string of the molecule is CCCCCc1c(Br)c2ccccc2c2ccccc12. The molecule has 0 saturated heterocycles. The zero-order valence-electron chi connectivity index (χ0n) is 11.8. The monoisotopic (exact) mass is 326 g/mol. The van der Waals surface area contributed by atoms with E-state index in [4.69, 9.17) is 0 Å². The lowest BCUT2D eigenvalue weighted by Gasteiger charge is -2.13. The van der Waals surface area contributed by atoms with E-state index in [9.17, 15) is 0 Å². The van der Waals surface area contributed by atoms with Crippen molar-refractivity contribution in [1.82, 2.24) is 0 Å². The van der Waals surface area contributed by atoms with Crippen molar-refractivity contribution in [2.75, 3.05) is 0 Å². The molecule has 1 heteroatoms. The fraction of sp³-hybridized carbons (Fsp3) is 0.263. The predicted octanol–water partition coefficient (Wildman–Crippen LogP) is 6.49. The number of aryl methyl sites for hydroxylation is 1. The van der Waals surface area contributed by atoms with Crippen LogP contribution in [0.1, 0.15) is 31.7 Å². The molecule has 0 aliphatic carbocycles. The highest BCUT2D eigenvalue weighted by molar-refractivity contribution is 9.10. The van der Waals surface area contributed by atoms with Crippen molar-refractivity contribution in [3.05, 3.63) is 58.6 Å². The van der Waals surface area contributed by atoms with Crippen molar-refractivity contribution < 1.29 is 0 Å². The maximum Gasteiger partial charge on any atom is 0.0292 e. The van der Waals surface area contributed by atoms with Gasteiger partial charge in [-0.2, -0.15) is 0 Å². The lowest BCUT2D eigenvalue weighted by Crippen LogP contribution is -1.92. The number of benzene rings is 3. The highest BCUT2D eigenvalue weighted by atomic mass is 79.9. The summed E-state index contributed by atoms with van der Waals surface area (Å²) in [4.78, 5) is 0. The quantitative estimate of drug-likeness (QED) is 0.379. The second-order valence-electron chi connectivity index (χ2n) is 5.34. The molecule has 0 bridgehead atoms. The summed E-state index contributed by atoms with van der Waals surface area (Å²) in [6.45, 7) is 2.26. The second kappa shape index (κ2) is 5.97. The summed E-state index contributed by atoms with van der Waals surface area (Å²) in [7, 11) is 0. The molecule has 0 radical (unpaired) electrons. The van der Waals surface area contributed by atoms with Crippen molar-refractivity contribution in [2.45, 2.75) is 32.6 Å². The Morgan fingerprint density at radius 1 is 0.750 bits per heavy atom. The Hall–Kier alpha value is -1.34. The Labute approximate surface area is 128 Å². The van der Waals surface area contributed by atoms with Crippen LogP contribution in [0.25, 0.3) is 21.5 Å². The number of halogens is 1. The minimum absolute atomic E-state index is 1.15. The van der Waals surface area contributed by atoms with Gasteiger partial charge in [-0.25, -0.2) is 0 Å². The van der Waals surface area contributed by atoms with Crippen LogP contribution in [0.5, 0.6) is 0 Å². The minimum Gasteiger partial charge on any atom is -0.0654 e. The van der Waals surface area contributed by atoms with E-state index in [1.165, 1.54) is 50.8 Å². The fourth-order valence-corrected chi connectivity index (χ4v) is 3.73. The first kappa shape index (κ1) is 13.6. The van der Waals surface area contributed by atoms with Crippen LogP contribution in [0.3, 0.4) is 0 Å². The van der Waals surface area contributed by atoms with Gasteiger partial charge in [0.15, 0.2) is 0 Å². The van der Waals surface area contributed by atoms with Gasteiger partial charge in [0.1, 0.15) is 0 Å². The van der Waals surface area contributed by atoms with Gasteiger partial charge in [0.2, 0.25) is 0 Å². The fourth-order valence-electron chi connectivity index (χ4n) is 2.97. The van der Waals surface area contributed by atoms with Gasteiger partial charge in [0.05, 0.1) is 0 Å². The topological polar surface area (TPSA) is 0 Å². The Bertz CT molecular complexity index is 743. The third kappa shape index (κ3) is 2.35. The molecule has 102 valence electrons. The third-order valence-corrected chi connectivity index (χ3v) is 4.91. The largest absolute Gasteiger partial charge is 0.0654 e. The summed E-state index contributed by atoms with van der Waals surface area (Å²) in [5.74, 6) is 0. The Morgan fingerprint density at radius 2 is 1.30 bits per heavy atom. The Balaban J connectivity index is 2.27. The van der Waals surface area contributed by atoms with E-state index in [-0.39, 0.29) is 0 Å². The van der Waals surface area contributed by atoms with Gasteiger partial charge < -0.3 is 0 Å². The summed E-state index contributed by atoms with van der Waals surface area (Å²) in [5, 5.41) is 5.44. The highest BCUT2D eigenvalue weighted by Crippen LogP contribution is 2.36. The molecular formula is C19H19Br. The average Bonchev–Trinajstić information content (AvgIpc) is 2.51. The zero-order valence-corrected chi connectivity index (χ0v) is 13.4. The smallest absolute Gasteiger partial charge is 0.0292 e. The molecule has 3 aromatic carbocycles. The molecule has 0 unspecified atom stereocenters. The molecule has 0 aromatic heterocycles. The van der Waals surface area contributed by atoms with E-state index >= 15 is 0 Å². The van der Waals surface area contributed by atoms with E-state index in [0.717, 1.165) is 6.42 Å². The molecule has 0 spiro atoms. The molecule has 0 fully saturated rings. The van der Waals surface area contributed by atoms with Gasteiger partial charge >= 0.3 is 0 Å². The standard InChI is InChI=1S/C19H19Br/c1-2-3-4-12-17-15-10-6-5-9-14(15)16-11-7-8-13-18(16)19(17)20/h5-11,13H,2-4,12H2,1H3. The zero-order chi connectivity index (χ0) is 13.9. The number of unbranched alkanes of at least 4 members (excludes halogenated alkanes) is 2. The molecule has 0 aliphatic rings. The van der Waals surface area contributed by atoms with Crippen LogP contribution in [0.15, 0.2) is 53.0 Å². The van der Waals surface area contributed by atoms with Gasteiger partial charge in [-0.1, -0.05) is 68.3 Å². The van der Waals surface area contributed by atoms with Crippen LogP contribution < -0.4 is 0 Å². The van der Waals surface area contributed by atoms with Crippen molar-refractivity contribution in [1.29, 1.82) is 0 Å². The summed E-state index contributed by atoms with van der Waals surface area (Å²) in [6.07, 6.45) is 4.98. The van der Waals surface area contributed by atoms with Crippen LogP contribution in [-0.4, -0.2) is 0 Å². The highest BCUT2D eigenvalue weighted by Gasteiger charge is 2.11. The molecular weight excluding hydrogens is 308 g/mol. The van der Waals surface area contributed by atoms with E-state index in [1.54, 1.807) is 0 Å². The molecule has 0 N–H and O–H groups in total. The maximum atomic E-state index is 3.86. The molecule has 0 aliphatic heterocycles. The van der Waals surface area contributed by atoms with E-state index in [1.807, 2.05) is 0 Å². The van der Waals surface area contributed by atoms with Crippen LogP contribution in [-0.2, 0) is 6.42 Å². The molecule has 0 amide bonds. The molecule has 3 rings (SSSR count). The minimum atomic E-state index is 1.15. The van der Waals surface area contributed by atoms with Crippen LogP contribution in [0, 0.1) is 0 Å². The van der Waals surface area contributed by atoms with Crippen molar-refractivity contribution in [3.63, 3.8) is 0 Å². The van der Waals surface area contributed by atoms with Gasteiger partial charge in [0.25, 0.3) is 0 Å². The van der Waals surface area contributed by atoms with Crippen molar-refractivity contribution in [2.24, 2.45) is 0 Å². The number of hydrogen-bond acceptors (Lipinski definition) is 0. The van der Waals surface area contributed by atoms with E-state index in [0.29, 0.717) is 0 Å². The summed E-state index contributed by atoms with van der Waals surface area (Å²) in [6, 6.07) is 17.5. The van der Waals surface area contributed by atoms with Gasteiger partial charge in [0, 0.05) is 4.47 Å². The first-order valence-electron chi connectivity index (χ1n) is 7.40. The number of fused-ring (bicyclic) bond motifs is 3. The van der Waals surface area contributed by atoms with E-state index < -0.39 is 0 Å². The van der Waals surface area contributed by atoms with Gasteiger partial charge in [-0.05, 0) is 55.9 Å². The molecule has 20 heavy (non-hydrogen) atoms. The molecule has 0 nitrogen and oxygen atoms in total. The summed E-state index contributed by atoms with van der Waals surface area (Å²) < 4.78 is 1.28. The Morgan fingerprint density at radius 3 is 1.95 bits per heavy atom. The summed E-state index contributed by atoms with van der Waals surface area (Å²) in [5.41, 5.74) is 1.47. The average molecular weight is 327 g/mol. The molecule has 0 heterocycles. The summed E-state index contributed by atoms with van der Waals surface area (Å²) >= 11 is 3.86. The first-order valence-corrected chi connectivity index (χ1v) is 8.20. The Kier molecular flexibility index (Phi) is 4.07. The molecule has 0 saturated carbocycles. The van der Waals surface area contributed by atoms with E-state index in [2.05, 4.69) is 71.4 Å². The van der Waals surface area contributed by atoms with Crippen LogP contribution >= 0.6 is 15.9 Å². The lowest BCUT2D eigenvalue weighted by molar-refractivity contribution is 0.719. The lowest BCUT2D eigenvalue weighted by atomic mass is 9.94. The maximum absolute atomic E-state index is 3.86. The number of rotatable bonds is 4. The third-order valence-electron chi connectivity index (χ3n) is 4.00. The van der Waals surface area contributed by atoms with Gasteiger partial charge in [-0.3, -0.25) is 0 Å². The van der Waals surface area contributed by atoms with Crippen molar-refractivity contribution in [3.8, 4) is 0 Å². The first-order chi connectivity index (χ1) is 9.83. The van der Waals surface area contributed by atoms with Gasteiger partial charge in [-0.15, -0.1) is 0 Å². The van der Waals surface area contributed by atoms with Crippen molar-refractivity contribution >= 4 is 37.5 Å². The molecule has 3 aromatic rings.